The number of rotatable bonds is 3. The van der Waals surface area contributed by atoms with Gasteiger partial charge in [0.1, 0.15) is 17.5 Å². The summed E-state index contributed by atoms with van der Waals surface area (Å²) in [7, 11) is 0. The highest BCUT2D eigenvalue weighted by molar-refractivity contribution is 8.00. The molecule has 0 fully saturated rings. The highest BCUT2D eigenvalue weighted by atomic mass is 35.5. The van der Waals surface area contributed by atoms with Crippen molar-refractivity contribution in [3.05, 3.63) is 70.4 Å². The van der Waals surface area contributed by atoms with Crippen LogP contribution in [0.4, 0.5) is 11.5 Å². The van der Waals surface area contributed by atoms with Crippen LogP contribution in [0, 0.1) is 0 Å². The lowest BCUT2D eigenvalue weighted by atomic mass is 10.2. The number of nitrogens with two attached hydrogens (primary N) is 1. The molecule has 1 atom stereocenters. The summed E-state index contributed by atoms with van der Waals surface area (Å²) in [4.78, 5) is 16.0. The van der Waals surface area contributed by atoms with Gasteiger partial charge in [-0.05, 0) is 18.2 Å². The number of aromatic nitrogens is 3. The van der Waals surface area contributed by atoms with Gasteiger partial charge in [-0.1, -0.05) is 41.0 Å². The molecule has 1 aromatic carbocycles. The minimum atomic E-state index is -0.152. The summed E-state index contributed by atoms with van der Waals surface area (Å²) in [6.45, 7) is 0.344. The summed E-state index contributed by atoms with van der Waals surface area (Å²) in [6.07, 6.45) is 5.11. The van der Waals surface area contributed by atoms with Crippen molar-refractivity contribution in [2.75, 3.05) is 4.90 Å². The largest absolute Gasteiger partial charge is 0.325 e. The minimum absolute atomic E-state index is 0.152. The van der Waals surface area contributed by atoms with Crippen molar-refractivity contribution in [1.82, 2.24) is 15.0 Å². The zero-order chi connectivity index (χ0) is 17.4. The Morgan fingerprint density at radius 1 is 1.16 bits per heavy atom. The van der Waals surface area contributed by atoms with Crippen molar-refractivity contribution in [2.45, 2.75) is 16.8 Å². The monoisotopic (exact) mass is 389 g/mol. The van der Waals surface area contributed by atoms with Gasteiger partial charge in [0.2, 0.25) is 0 Å². The second-order valence-corrected chi connectivity index (χ2v) is 7.33. The van der Waals surface area contributed by atoms with Crippen LogP contribution >= 0.6 is 35.0 Å². The summed E-state index contributed by atoms with van der Waals surface area (Å²) >= 11 is 14.6. The van der Waals surface area contributed by atoms with Crippen LogP contribution in [0.5, 0.6) is 0 Å². The molecule has 4 rings (SSSR count). The maximum absolute atomic E-state index is 6.47. The Balaban J connectivity index is 1.89. The molecular formula is C17H13Cl2N5S. The number of hydrogen-bond donors (Lipinski definition) is 1. The van der Waals surface area contributed by atoms with E-state index < -0.39 is 0 Å². The van der Waals surface area contributed by atoms with E-state index in [2.05, 4.69) is 19.9 Å². The number of nitrogens with zero attached hydrogens (tertiary/aromatic N) is 4. The average Bonchev–Trinajstić information content (AvgIpc) is 3.00. The van der Waals surface area contributed by atoms with Crippen molar-refractivity contribution in [3.63, 3.8) is 0 Å². The maximum atomic E-state index is 6.47. The van der Waals surface area contributed by atoms with E-state index in [1.165, 1.54) is 6.33 Å². The molecule has 0 radical (unpaired) electrons. The quantitative estimate of drug-likeness (QED) is 0.706. The van der Waals surface area contributed by atoms with Crippen LogP contribution in [0.3, 0.4) is 0 Å². The van der Waals surface area contributed by atoms with Crippen molar-refractivity contribution >= 4 is 46.5 Å². The number of benzene rings is 1. The number of fused-ring (bicyclic) bond motifs is 1. The number of thioether (sulfide) groups is 1. The van der Waals surface area contributed by atoms with Crippen molar-refractivity contribution in [3.8, 4) is 0 Å². The molecule has 2 N–H and O–H groups in total. The lowest BCUT2D eigenvalue weighted by molar-refractivity contribution is 0.901. The predicted molar refractivity (Wildman–Crippen MR) is 101 cm³/mol. The molecule has 0 bridgehead atoms. The predicted octanol–water partition coefficient (Wildman–Crippen LogP) is 4.58. The van der Waals surface area contributed by atoms with E-state index >= 15 is 0 Å². The number of hydrogen-bond acceptors (Lipinski definition) is 6. The molecule has 3 heterocycles. The number of pyridine rings is 1. The van der Waals surface area contributed by atoms with Gasteiger partial charge in [-0.15, -0.1) is 0 Å². The SMILES string of the molecule is NCc1cc(N2c3ccncc3SC2c2c(Cl)cccc2Cl)ncn1. The fourth-order valence-corrected chi connectivity index (χ4v) is 4.85. The van der Waals surface area contributed by atoms with Crippen molar-refractivity contribution < 1.29 is 0 Å². The lowest BCUT2D eigenvalue weighted by Crippen LogP contribution is -2.20. The Morgan fingerprint density at radius 3 is 2.72 bits per heavy atom. The van der Waals surface area contributed by atoms with Crippen LogP contribution < -0.4 is 10.6 Å². The maximum Gasteiger partial charge on any atom is 0.137 e. The Hall–Kier alpha value is -1.86. The summed E-state index contributed by atoms with van der Waals surface area (Å²) < 4.78 is 0. The van der Waals surface area contributed by atoms with Gasteiger partial charge in [0, 0.05) is 40.6 Å². The van der Waals surface area contributed by atoms with Crippen molar-refractivity contribution in [2.24, 2.45) is 5.73 Å². The van der Waals surface area contributed by atoms with Gasteiger partial charge in [-0.25, -0.2) is 9.97 Å². The topological polar surface area (TPSA) is 67.9 Å². The van der Waals surface area contributed by atoms with Gasteiger partial charge in [0.05, 0.1) is 16.3 Å². The van der Waals surface area contributed by atoms with Crippen LogP contribution in [0.2, 0.25) is 10.0 Å². The molecule has 0 saturated carbocycles. The van der Waals surface area contributed by atoms with Crippen molar-refractivity contribution in [1.29, 1.82) is 0 Å². The Labute approximate surface area is 159 Å². The molecule has 5 nitrogen and oxygen atoms in total. The first kappa shape index (κ1) is 16.6. The molecule has 126 valence electrons. The molecule has 1 aliphatic rings. The fraction of sp³-hybridized carbons (Fsp3) is 0.118. The molecule has 0 amide bonds. The Morgan fingerprint density at radius 2 is 1.96 bits per heavy atom. The molecule has 0 spiro atoms. The van der Waals surface area contributed by atoms with E-state index in [4.69, 9.17) is 28.9 Å². The highest BCUT2D eigenvalue weighted by Crippen LogP contribution is 2.56. The average molecular weight is 390 g/mol. The number of anilines is 2. The third kappa shape index (κ3) is 2.95. The van der Waals surface area contributed by atoms with E-state index in [1.54, 1.807) is 18.0 Å². The normalized spacial score (nSPS) is 16.1. The minimum Gasteiger partial charge on any atom is -0.325 e. The summed E-state index contributed by atoms with van der Waals surface area (Å²) in [5.74, 6) is 0.744. The van der Waals surface area contributed by atoms with Gasteiger partial charge in [-0.3, -0.25) is 4.98 Å². The standard InChI is InChI=1S/C17H13Cl2N5S/c18-11-2-1-3-12(19)16(11)17-24(13-4-5-21-8-14(13)25-17)15-6-10(7-20)22-9-23-15/h1-6,8-9,17H,7,20H2. The molecule has 3 aromatic rings. The van der Waals surface area contributed by atoms with Crippen LogP contribution in [-0.2, 0) is 6.54 Å². The zero-order valence-corrected chi connectivity index (χ0v) is 15.3. The van der Waals surface area contributed by atoms with E-state index in [9.17, 15) is 0 Å². The summed E-state index contributed by atoms with van der Waals surface area (Å²) in [5.41, 5.74) is 8.35. The van der Waals surface area contributed by atoms with E-state index in [0.29, 0.717) is 16.6 Å². The van der Waals surface area contributed by atoms with Crippen LogP contribution in [0.25, 0.3) is 0 Å². The second-order valence-electron chi connectivity index (χ2n) is 5.39. The summed E-state index contributed by atoms with van der Waals surface area (Å²) in [5, 5.41) is 1.08. The van der Waals surface area contributed by atoms with Gasteiger partial charge in [-0.2, -0.15) is 0 Å². The molecule has 0 aliphatic carbocycles. The zero-order valence-electron chi connectivity index (χ0n) is 12.9. The smallest absolute Gasteiger partial charge is 0.137 e. The molecule has 8 heteroatoms. The third-order valence-electron chi connectivity index (χ3n) is 3.91. The first-order valence-electron chi connectivity index (χ1n) is 7.54. The molecule has 1 unspecified atom stereocenters. The first-order valence-corrected chi connectivity index (χ1v) is 9.17. The highest BCUT2D eigenvalue weighted by Gasteiger charge is 2.36. The fourth-order valence-electron chi connectivity index (χ4n) is 2.77. The molecule has 1 aliphatic heterocycles. The lowest BCUT2D eigenvalue weighted by Gasteiger charge is -2.27. The van der Waals surface area contributed by atoms with Gasteiger partial charge < -0.3 is 10.6 Å². The van der Waals surface area contributed by atoms with E-state index in [-0.39, 0.29) is 5.37 Å². The molecule has 2 aromatic heterocycles. The van der Waals surface area contributed by atoms with Crippen LogP contribution in [0.15, 0.2) is 53.9 Å². The van der Waals surface area contributed by atoms with Gasteiger partial charge >= 0.3 is 0 Å². The third-order valence-corrected chi connectivity index (χ3v) is 5.80. The first-order chi connectivity index (χ1) is 12.2. The van der Waals surface area contributed by atoms with Gasteiger partial charge in [0.15, 0.2) is 0 Å². The Bertz CT molecular complexity index is 916. The van der Waals surface area contributed by atoms with Gasteiger partial charge in [0.25, 0.3) is 0 Å². The number of halogens is 2. The van der Waals surface area contributed by atoms with E-state index in [1.807, 2.05) is 36.5 Å². The molecular weight excluding hydrogens is 377 g/mol. The summed E-state index contributed by atoms with van der Waals surface area (Å²) in [6, 6.07) is 9.36. The second kappa shape index (κ2) is 6.80. The van der Waals surface area contributed by atoms with E-state index in [0.717, 1.165) is 27.7 Å². The molecule has 0 saturated heterocycles. The van der Waals surface area contributed by atoms with Crippen LogP contribution in [-0.4, -0.2) is 15.0 Å². The Kier molecular flexibility index (Phi) is 4.52. The van der Waals surface area contributed by atoms with Crippen LogP contribution in [0.1, 0.15) is 16.6 Å². The molecule has 25 heavy (non-hydrogen) atoms.